The quantitative estimate of drug-likeness (QED) is 0.893. The van der Waals surface area contributed by atoms with Crippen molar-refractivity contribution in [3.63, 3.8) is 0 Å². The van der Waals surface area contributed by atoms with Gasteiger partial charge in [0.25, 0.3) is 0 Å². The van der Waals surface area contributed by atoms with Crippen molar-refractivity contribution in [3.8, 4) is 16.9 Å². The molecule has 0 bridgehead atoms. The third kappa shape index (κ3) is 2.95. The fourth-order valence-electron chi connectivity index (χ4n) is 3.27. The zero-order valence-electron chi connectivity index (χ0n) is 13.4. The summed E-state index contributed by atoms with van der Waals surface area (Å²) in [5, 5.41) is 12.5. The summed E-state index contributed by atoms with van der Waals surface area (Å²) in [4.78, 5) is 13.9. The Morgan fingerprint density at radius 2 is 2.08 bits per heavy atom. The molecule has 2 aliphatic heterocycles. The smallest absolute Gasteiger partial charge is 0.321 e. The van der Waals surface area contributed by atoms with Gasteiger partial charge < -0.3 is 20.1 Å². The normalized spacial score (nSPS) is 19.0. The summed E-state index contributed by atoms with van der Waals surface area (Å²) in [6.45, 7) is 1.74. The first-order chi connectivity index (χ1) is 11.7. The van der Waals surface area contributed by atoms with E-state index >= 15 is 0 Å². The molecule has 2 heterocycles. The van der Waals surface area contributed by atoms with E-state index in [1.807, 2.05) is 36.4 Å². The number of likely N-dealkylation sites (tertiary alicyclic amines) is 1. The standard InChI is InChI=1S/C19H20N2O3/c22-17-6-8-21(12-17)19(23)20-16-3-1-2-13(11-16)14-4-5-18-15(10-14)7-9-24-18/h1-5,10-11,17,22H,6-9,12H2,(H,20,23)/t17-/m0/s1. The zero-order chi connectivity index (χ0) is 16.5. The number of fused-ring (bicyclic) bond motifs is 1. The van der Waals surface area contributed by atoms with Crippen LogP contribution in [0.4, 0.5) is 10.5 Å². The molecule has 5 nitrogen and oxygen atoms in total. The number of ether oxygens (including phenoxy) is 1. The molecular formula is C19H20N2O3. The molecule has 2 aliphatic rings. The van der Waals surface area contributed by atoms with E-state index in [0.29, 0.717) is 19.5 Å². The molecule has 0 saturated carbocycles. The summed E-state index contributed by atoms with van der Waals surface area (Å²) in [6, 6.07) is 13.9. The van der Waals surface area contributed by atoms with Crippen molar-refractivity contribution in [2.75, 3.05) is 25.0 Å². The minimum absolute atomic E-state index is 0.161. The lowest BCUT2D eigenvalue weighted by molar-refractivity contribution is 0.176. The Morgan fingerprint density at radius 1 is 1.21 bits per heavy atom. The maximum Gasteiger partial charge on any atom is 0.321 e. The van der Waals surface area contributed by atoms with Crippen LogP contribution in [0.15, 0.2) is 42.5 Å². The van der Waals surface area contributed by atoms with E-state index in [9.17, 15) is 9.90 Å². The van der Waals surface area contributed by atoms with Gasteiger partial charge >= 0.3 is 6.03 Å². The highest BCUT2D eigenvalue weighted by Gasteiger charge is 2.24. The van der Waals surface area contributed by atoms with Gasteiger partial charge in [-0.2, -0.15) is 0 Å². The number of β-amino-alcohol motifs (C(OH)–C–C–N with tert-alkyl or cyclic N) is 1. The molecule has 2 N–H and O–H groups in total. The van der Waals surface area contributed by atoms with Crippen LogP contribution in [0.25, 0.3) is 11.1 Å². The number of hydrogen-bond acceptors (Lipinski definition) is 3. The van der Waals surface area contributed by atoms with Gasteiger partial charge in [0.15, 0.2) is 0 Å². The molecule has 1 saturated heterocycles. The maximum absolute atomic E-state index is 12.2. The average Bonchev–Trinajstić information content (AvgIpc) is 3.23. The minimum atomic E-state index is -0.407. The van der Waals surface area contributed by atoms with Crippen molar-refractivity contribution in [3.05, 3.63) is 48.0 Å². The zero-order valence-corrected chi connectivity index (χ0v) is 13.4. The number of carbonyl (C=O) groups excluding carboxylic acids is 1. The summed E-state index contributed by atoms with van der Waals surface area (Å²) in [7, 11) is 0. The SMILES string of the molecule is O=C(Nc1cccc(-c2ccc3c(c2)CCO3)c1)N1CC[C@H](O)C1. The molecule has 2 aromatic rings. The second-order valence-electron chi connectivity index (χ2n) is 6.32. The van der Waals surface area contributed by atoms with E-state index in [1.54, 1.807) is 4.90 Å². The number of nitrogens with one attached hydrogen (secondary N) is 1. The van der Waals surface area contributed by atoms with Crippen LogP contribution in [0.3, 0.4) is 0 Å². The van der Waals surface area contributed by atoms with Gasteiger partial charge in [-0.15, -0.1) is 0 Å². The summed E-state index contributed by atoms with van der Waals surface area (Å²) in [5.41, 5.74) is 4.17. The Morgan fingerprint density at radius 3 is 2.92 bits per heavy atom. The maximum atomic E-state index is 12.2. The third-order valence-corrected chi connectivity index (χ3v) is 4.59. The predicted octanol–water partition coefficient (Wildman–Crippen LogP) is 2.89. The van der Waals surface area contributed by atoms with E-state index in [1.165, 1.54) is 5.56 Å². The van der Waals surface area contributed by atoms with Gasteiger partial charge in [-0.25, -0.2) is 4.79 Å². The van der Waals surface area contributed by atoms with Crippen LogP contribution >= 0.6 is 0 Å². The molecule has 0 aromatic heterocycles. The number of aliphatic hydroxyl groups is 1. The number of hydrogen-bond donors (Lipinski definition) is 2. The van der Waals surface area contributed by atoms with Gasteiger partial charge in [0, 0.05) is 25.2 Å². The summed E-state index contributed by atoms with van der Waals surface area (Å²) < 4.78 is 5.55. The number of carbonyl (C=O) groups is 1. The van der Waals surface area contributed by atoms with Gasteiger partial charge in [-0.3, -0.25) is 0 Å². The Kier molecular flexibility index (Phi) is 3.86. The van der Waals surface area contributed by atoms with Crippen LogP contribution in [0.2, 0.25) is 0 Å². The molecule has 5 heteroatoms. The molecule has 2 amide bonds. The van der Waals surface area contributed by atoms with Crippen LogP contribution in [-0.4, -0.2) is 41.8 Å². The molecule has 1 atom stereocenters. The minimum Gasteiger partial charge on any atom is -0.493 e. The number of rotatable bonds is 2. The topological polar surface area (TPSA) is 61.8 Å². The molecule has 1 fully saturated rings. The van der Waals surface area contributed by atoms with Gasteiger partial charge in [0.05, 0.1) is 12.7 Å². The van der Waals surface area contributed by atoms with Crippen molar-refractivity contribution < 1.29 is 14.6 Å². The molecule has 0 spiro atoms. The van der Waals surface area contributed by atoms with E-state index in [-0.39, 0.29) is 6.03 Å². The van der Waals surface area contributed by atoms with Crippen LogP contribution in [0.5, 0.6) is 5.75 Å². The molecule has 0 radical (unpaired) electrons. The van der Waals surface area contributed by atoms with Crippen molar-refractivity contribution in [2.45, 2.75) is 18.9 Å². The third-order valence-electron chi connectivity index (χ3n) is 4.59. The highest BCUT2D eigenvalue weighted by Crippen LogP contribution is 2.31. The van der Waals surface area contributed by atoms with E-state index in [0.717, 1.165) is 35.6 Å². The van der Waals surface area contributed by atoms with Gasteiger partial charge in [-0.05, 0) is 47.4 Å². The van der Waals surface area contributed by atoms with Gasteiger partial charge in [0.1, 0.15) is 5.75 Å². The number of nitrogens with zero attached hydrogens (tertiary/aromatic N) is 1. The first kappa shape index (κ1) is 15.0. The lowest BCUT2D eigenvalue weighted by Crippen LogP contribution is -2.33. The predicted molar refractivity (Wildman–Crippen MR) is 92.3 cm³/mol. The Balaban J connectivity index is 1.52. The number of benzene rings is 2. The second kappa shape index (κ2) is 6.17. The fraction of sp³-hybridized carbons (Fsp3) is 0.316. The fourth-order valence-corrected chi connectivity index (χ4v) is 3.27. The highest BCUT2D eigenvalue weighted by atomic mass is 16.5. The largest absolute Gasteiger partial charge is 0.493 e. The summed E-state index contributed by atoms with van der Waals surface area (Å²) in [6.07, 6.45) is 1.18. The van der Waals surface area contributed by atoms with E-state index in [2.05, 4.69) is 11.4 Å². The molecule has 0 aliphatic carbocycles. The van der Waals surface area contributed by atoms with E-state index in [4.69, 9.17) is 4.74 Å². The molecular weight excluding hydrogens is 304 g/mol. The molecule has 0 unspecified atom stereocenters. The average molecular weight is 324 g/mol. The van der Waals surface area contributed by atoms with E-state index < -0.39 is 6.10 Å². The van der Waals surface area contributed by atoms with Crippen LogP contribution in [-0.2, 0) is 6.42 Å². The highest BCUT2D eigenvalue weighted by molar-refractivity contribution is 5.90. The molecule has 124 valence electrons. The first-order valence-electron chi connectivity index (χ1n) is 8.29. The van der Waals surface area contributed by atoms with Crippen molar-refractivity contribution in [2.24, 2.45) is 0 Å². The Bertz CT molecular complexity index is 775. The molecule has 24 heavy (non-hydrogen) atoms. The monoisotopic (exact) mass is 324 g/mol. The number of anilines is 1. The number of urea groups is 1. The lowest BCUT2D eigenvalue weighted by Gasteiger charge is -2.17. The molecule has 2 aromatic carbocycles. The van der Waals surface area contributed by atoms with Crippen molar-refractivity contribution >= 4 is 11.7 Å². The van der Waals surface area contributed by atoms with Gasteiger partial charge in [-0.1, -0.05) is 18.2 Å². The van der Waals surface area contributed by atoms with Crippen LogP contribution < -0.4 is 10.1 Å². The first-order valence-corrected chi connectivity index (χ1v) is 8.29. The lowest BCUT2D eigenvalue weighted by atomic mass is 10.0. The van der Waals surface area contributed by atoms with Crippen LogP contribution in [0.1, 0.15) is 12.0 Å². The Hall–Kier alpha value is -2.53. The van der Waals surface area contributed by atoms with Gasteiger partial charge in [0.2, 0.25) is 0 Å². The number of aliphatic hydroxyl groups excluding tert-OH is 1. The second-order valence-corrected chi connectivity index (χ2v) is 6.32. The van der Waals surface area contributed by atoms with Crippen molar-refractivity contribution in [1.29, 1.82) is 0 Å². The summed E-state index contributed by atoms with van der Waals surface area (Å²) >= 11 is 0. The number of amides is 2. The summed E-state index contributed by atoms with van der Waals surface area (Å²) in [5.74, 6) is 0.968. The van der Waals surface area contributed by atoms with Crippen molar-refractivity contribution in [1.82, 2.24) is 4.90 Å². The Labute approximate surface area is 140 Å². The van der Waals surface area contributed by atoms with Crippen LogP contribution in [0, 0.1) is 0 Å². The molecule has 4 rings (SSSR count).